The predicted molar refractivity (Wildman–Crippen MR) is 91.7 cm³/mol. The third-order valence-corrected chi connectivity index (χ3v) is 4.30. The van der Waals surface area contributed by atoms with Gasteiger partial charge in [-0.15, -0.1) is 0 Å². The van der Waals surface area contributed by atoms with Gasteiger partial charge in [0.25, 0.3) is 0 Å². The Morgan fingerprint density at radius 3 is 2.57 bits per heavy atom. The van der Waals surface area contributed by atoms with Gasteiger partial charge in [0.15, 0.2) is 0 Å². The number of nitrogens with one attached hydrogen (secondary N) is 2. The van der Waals surface area contributed by atoms with Crippen molar-refractivity contribution in [1.82, 2.24) is 0 Å². The van der Waals surface area contributed by atoms with E-state index in [-0.39, 0.29) is 11.8 Å². The van der Waals surface area contributed by atoms with E-state index in [9.17, 15) is 9.59 Å². The van der Waals surface area contributed by atoms with Crippen LogP contribution < -0.4 is 15.4 Å². The molecule has 126 valence electrons. The molecule has 0 spiro atoms. The molecule has 0 unspecified atom stereocenters. The Balaban J connectivity index is 1.88. The van der Waals surface area contributed by atoms with Gasteiger partial charge >= 0.3 is 0 Å². The molecule has 0 aliphatic heterocycles. The summed E-state index contributed by atoms with van der Waals surface area (Å²) in [5.74, 6) is 1.11. The molecule has 0 atom stereocenters. The molecule has 2 rings (SSSR count). The Morgan fingerprint density at radius 1 is 1.17 bits per heavy atom. The number of carbonyl (C=O) groups is 2. The third-order valence-electron chi connectivity index (χ3n) is 4.30. The Kier molecular flexibility index (Phi) is 6.44. The van der Waals surface area contributed by atoms with Crippen molar-refractivity contribution in [1.29, 1.82) is 0 Å². The second-order valence-electron chi connectivity index (χ2n) is 6.19. The zero-order valence-corrected chi connectivity index (χ0v) is 14.0. The predicted octanol–water partition coefficient (Wildman–Crippen LogP) is 3.95. The molecular formula is C18H26N2O3. The van der Waals surface area contributed by atoms with Crippen LogP contribution in [0, 0.1) is 5.92 Å². The van der Waals surface area contributed by atoms with Crippen LogP contribution in [0.3, 0.4) is 0 Å². The van der Waals surface area contributed by atoms with Gasteiger partial charge in [0.05, 0.1) is 12.8 Å². The number of rotatable bonds is 6. The van der Waals surface area contributed by atoms with Crippen molar-refractivity contribution in [2.75, 3.05) is 17.7 Å². The monoisotopic (exact) mass is 318 g/mol. The van der Waals surface area contributed by atoms with Gasteiger partial charge in [-0.25, -0.2) is 0 Å². The van der Waals surface area contributed by atoms with Gasteiger partial charge in [-0.2, -0.15) is 0 Å². The van der Waals surface area contributed by atoms with Crippen LogP contribution in [0.1, 0.15) is 51.9 Å². The summed E-state index contributed by atoms with van der Waals surface area (Å²) in [4.78, 5) is 23.2. The van der Waals surface area contributed by atoms with Crippen LogP contribution in [0.2, 0.25) is 0 Å². The third kappa shape index (κ3) is 5.58. The second-order valence-corrected chi connectivity index (χ2v) is 6.19. The van der Waals surface area contributed by atoms with Crippen molar-refractivity contribution in [2.45, 2.75) is 51.9 Å². The number of amides is 2. The fraction of sp³-hybridized carbons (Fsp3) is 0.556. The molecule has 0 aromatic heterocycles. The number of hydrogen-bond acceptors (Lipinski definition) is 3. The fourth-order valence-electron chi connectivity index (χ4n) is 3.10. The molecule has 0 saturated heterocycles. The zero-order valence-electron chi connectivity index (χ0n) is 14.0. The molecule has 0 radical (unpaired) electrons. The summed E-state index contributed by atoms with van der Waals surface area (Å²) in [7, 11) is 1.54. The standard InChI is InChI=1S/C18H26N2O3/c1-13(21)19-16-10-9-15(12-17(16)23-2)20-18(22)11-8-14-6-4-3-5-7-14/h9-10,12,14H,3-8,11H2,1-2H3,(H,19,21)(H,20,22). The van der Waals surface area contributed by atoms with Crippen LogP contribution in [0.15, 0.2) is 18.2 Å². The van der Waals surface area contributed by atoms with E-state index >= 15 is 0 Å². The average Bonchev–Trinajstić information content (AvgIpc) is 2.55. The number of ether oxygens (including phenoxy) is 1. The van der Waals surface area contributed by atoms with E-state index in [0.717, 1.165) is 6.42 Å². The number of carbonyl (C=O) groups excluding carboxylic acids is 2. The second kappa shape index (κ2) is 8.56. The fourth-order valence-corrected chi connectivity index (χ4v) is 3.10. The summed E-state index contributed by atoms with van der Waals surface area (Å²) in [6.07, 6.45) is 7.97. The first-order valence-corrected chi connectivity index (χ1v) is 8.34. The van der Waals surface area contributed by atoms with Crippen LogP contribution in [0.5, 0.6) is 5.75 Å². The van der Waals surface area contributed by atoms with Gasteiger partial charge in [-0.05, 0) is 24.5 Å². The maximum atomic E-state index is 12.1. The van der Waals surface area contributed by atoms with Crippen LogP contribution in [-0.2, 0) is 9.59 Å². The van der Waals surface area contributed by atoms with Crippen molar-refractivity contribution < 1.29 is 14.3 Å². The van der Waals surface area contributed by atoms with E-state index in [1.54, 1.807) is 18.2 Å². The lowest BCUT2D eigenvalue weighted by Gasteiger charge is -2.21. The van der Waals surface area contributed by atoms with Crippen LogP contribution in [0.4, 0.5) is 11.4 Å². The topological polar surface area (TPSA) is 67.4 Å². The maximum Gasteiger partial charge on any atom is 0.224 e. The highest BCUT2D eigenvalue weighted by Gasteiger charge is 2.15. The molecule has 23 heavy (non-hydrogen) atoms. The highest BCUT2D eigenvalue weighted by Crippen LogP contribution is 2.29. The van der Waals surface area contributed by atoms with E-state index in [1.807, 2.05) is 0 Å². The minimum atomic E-state index is -0.160. The van der Waals surface area contributed by atoms with E-state index in [1.165, 1.54) is 46.1 Å². The summed E-state index contributed by atoms with van der Waals surface area (Å²) in [5.41, 5.74) is 1.28. The van der Waals surface area contributed by atoms with Crippen molar-refractivity contribution >= 4 is 23.2 Å². The molecule has 5 nitrogen and oxygen atoms in total. The number of anilines is 2. The van der Waals surface area contributed by atoms with Gasteiger partial charge in [0.2, 0.25) is 11.8 Å². The lowest BCUT2D eigenvalue weighted by molar-refractivity contribution is -0.116. The van der Waals surface area contributed by atoms with Gasteiger partial charge in [0.1, 0.15) is 5.75 Å². The van der Waals surface area contributed by atoms with Crippen molar-refractivity contribution in [2.24, 2.45) is 5.92 Å². The summed E-state index contributed by atoms with van der Waals surface area (Å²) in [6, 6.07) is 5.23. The van der Waals surface area contributed by atoms with Crippen molar-refractivity contribution in [3.8, 4) is 5.75 Å². The molecule has 2 N–H and O–H groups in total. The Bertz CT molecular complexity index is 551. The average molecular weight is 318 g/mol. The van der Waals surface area contributed by atoms with E-state index in [4.69, 9.17) is 4.74 Å². The molecule has 1 aliphatic carbocycles. The minimum absolute atomic E-state index is 0.0323. The van der Waals surface area contributed by atoms with Crippen molar-refractivity contribution in [3.05, 3.63) is 18.2 Å². The van der Waals surface area contributed by atoms with Gasteiger partial charge in [-0.3, -0.25) is 9.59 Å². The summed E-state index contributed by atoms with van der Waals surface area (Å²) >= 11 is 0. The lowest BCUT2D eigenvalue weighted by Crippen LogP contribution is -2.15. The molecular weight excluding hydrogens is 292 g/mol. The molecule has 0 heterocycles. The molecule has 1 saturated carbocycles. The van der Waals surface area contributed by atoms with Gasteiger partial charge in [0, 0.05) is 25.1 Å². The highest BCUT2D eigenvalue weighted by molar-refractivity contribution is 5.93. The first-order valence-electron chi connectivity index (χ1n) is 8.34. The molecule has 5 heteroatoms. The molecule has 0 bridgehead atoms. The van der Waals surface area contributed by atoms with E-state index in [2.05, 4.69) is 10.6 Å². The molecule has 2 amide bonds. The lowest BCUT2D eigenvalue weighted by atomic mass is 9.86. The number of hydrogen-bond donors (Lipinski definition) is 2. The largest absolute Gasteiger partial charge is 0.494 e. The quantitative estimate of drug-likeness (QED) is 0.834. The Labute approximate surface area is 137 Å². The van der Waals surface area contributed by atoms with Crippen LogP contribution in [-0.4, -0.2) is 18.9 Å². The molecule has 1 fully saturated rings. The number of benzene rings is 1. The Morgan fingerprint density at radius 2 is 1.91 bits per heavy atom. The number of methoxy groups -OCH3 is 1. The normalized spacial score (nSPS) is 15.0. The summed E-state index contributed by atoms with van der Waals surface area (Å²) in [5, 5.41) is 5.60. The van der Waals surface area contributed by atoms with Crippen LogP contribution in [0.25, 0.3) is 0 Å². The van der Waals surface area contributed by atoms with E-state index < -0.39 is 0 Å². The zero-order chi connectivity index (χ0) is 16.7. The first-order chi connectivity index (χ1) is 11.1. The first kappa shape index (κ1) is 17.3. The van der Waals surface area contributed by atoms with Crippen molar-refractivity contribution in [3.63, 3.8) is 0 Å². The van der Waals surface area contributed by atoms with Gasteiger partial charge in [-0.1, -0.05) is 32.1 Å². The highest BCUT2D eigenvalue weighted by atomic mass is 16.5. The summed E-state index contributed by atoms with van der Waals surface area (Å²) < 4.78 is 5.26. The Hall–Kier alpha value is -2.04. The van der Waals surface area contributed by atoms with Gasteiger partial charge < -0.3 is 15.4 Å². The minimum Gasteiger partial charge on any atom is -0.494 e. The smallest absolute Gasteiger partial charge is 0.224 e. The molecule has 1 aromatic carbocycles. The maximum absolute atomic E-state index is 12.1. The molecule has 1 aliphatic rings. The van der Waals surface area contributed by atoms with Crippen LogP contribution >= 0.6 is 0 Å². The molecule has 1 aromatic rings. The SMILES string of the molecule is COc1cc(NC(=O)CCC2CCCCC2)ccc1NC(C)=O. The summed E-state index contributed by atoms with van der Waals surface area (Å²) in [6.45, 7) is 1.44. The van der Waals surface area contributed by atoms with E-state index in [0.29, 0.717) is 29.5 Å².